The molecule has 1 N–H and O–H groups in total. The molecule has 1 aromatic carbocycles. The van der Waals surface area contributed by atoms with E-state index >= 15 is 0 Å². The molecule has 2 rings (SSSR count). The van der Waals surface area contributed by atoms with Gasteiger partial charge in [0.25, 0.3) is 0 Å². The van der Waals surface area contributed by atoms with Crippen molar-refractivity contribution in [3.8, 4) is 0 Å². The maximum absolute atomic E-state index is 6.28. The molecule has 106 valence electrons. The molecule has 0 aromatic heterocycles. The fraction of sp³-hybridized carbons (Fsp3) is 0.625. The third kappa shape index (κ3) is 2.96. The average Bonchev–Trinajstić information content (AvgIpc) is 2.36. The van der Waals surface area contributed by atoms with Gasteiger partial charge in [0.15, 0.2) is 0 Å². The van der Waals surface area contributed by atoms with Gasteiger partial charge in [0.1, 0.15) is 0 Å². The van der Waals surface area contributed by atoms with Crippen LogP contribution in [0.5, 0.6) is 0 Å². The van der Waals surface area contributed by atoms with Crippen molar-refractivity contribution >= 4 is 11.6 Å². The first-order valence-electron chi connectivity index (χ1n) is 7.17. The molecule has 1 unspecified atom stereocenters. The summed E-state index contributed by atoms with van der Waals surface area (Å²) in [5, 5.41) is 4.48. The largest absolute Gasteiger partial charge is 0.376 e. The van der Waals surface area contributed by atoms with E-state index in [0.717, 1.165) is 36.4 Å². The highest BCUT2D eigenvalue weighted by Gasteiger charge is 2.44. The maximum Gasteiger partial charge on any atom is 0.0872 e. The first-order chi connectivity index (χ1) is 9.13. The zero-order valence-corrected chi connectivity index (χ0v) is 12.9. The van der Waals surface area contributed by atoms with Crippen molar-refractivity contribution in [3.63, 3.8) is 0 Å². The molecule has 0 heterocycles. The van der Waals surface area contributed by atoms with E-state index in [1.807, 2.05) is 14.0 Å². The molecule has 1 atom stereocenters. The Morgan fingerprint density at radius 2 is 2.16 bits per heavy atom. The van der Waals surface area contributed by atoms with Crippen molar-refractivity contribution in [2.45, 2.75) is 51.2 Å². The second-order valence-electron chi connectivity index (χ2n) is 5.52. The van der Waals surface area contributed by atoms with Gasteiger partial charge < -0.3 is 10.1 Å². The number of benzene rings is 1. The molecular formula is C16H24ClNO. The number of halogens is 1. The van der Waals surface area contributed by atoms with Crippen LogP contribution in [0.25, 0.3) is 0 Å². The molecule has 0 spiro atoms. The number of rotatable bonds is 6. The summed E-state index contributed by atoms with van der Waals surface area (Å²) in [5.41, 5.74) is 2.32. The summed E-state index contributed by atoms with van der Waals surface area (Å²) in [6.07, 6.45) is 4.61. The first kappa shape index (κ1) is 14.8. The molecule has 1 aliphatic carbocycles. The van der Waals surface area contributed by atoms with E-state index in [4.69, 9.17) is 16.3 Å². The quantitative estimate of drug-likeness (QED) is 0.841. The van der Waals surface area contributed by atoms with Gasteiger partial charge in [-0.3, -0.25) is 0 Å². The number of hydrogen-bond acceptors (Lipinski definition) is 2. The van der Waals surface area contributed by atoms with Gasteiger partial charge in [-0.2, -0.15) is 0 Å². The van der Waals surface area contributed by atoms with Gasteiger partial charge >= 0.3 is 0 Å². The van der Waals surface area contributed by atoms with Crippen LogP contribution >= 0.6 is 11.6 Å². The van der Waals surface area contributed by atoms with Gasteiger partial charge in [-0.1, -0.05) is 30.7 Å². The molecule has 19 heavy (non-hydrogen) atoms. The number of nitrogens with one attached hydrogen (secondary N) is 1. The Balaban J connectivity index is 2.28. The van der Waals surface area contributed by atoms with E-state index in [1.165, 1.54) is 12.0 Å². The van der Waals surface area contributed by atoms with Crippen LogP contribution in [-0.4, -0.2) is 19.3 Å². The fourth-order valence-electron chi connectivity index (χ4n) is 2.82. The van der Waals surface area contributed by atoms with Crippen molar-refractivity contribution < 1.29 is 4.74 Å². The van der Waals surface area contributed by atoms with Crippen LogP contribution in [0.2, 0.25) is 5.02 Å². The van der Waals surface area contributed by atoms with Crippen molar-refractivity contribution in [2.75, 3.05) is 13.7 Å². The third-order valence-corrected chi connectivity index (χ3v) is 4.67. The molecule has 1 aliphatic rings. The van der Waals surface area contributed by atoms with E-state index < -0.39 is 0 Å². The Morgan fingerprint density at radius 3 is 2.63 bits per heavy atom. The Labute approximate surface area is 121 Å². The minimum absolute atomic E-state index is 0.0479. The van der Waals surface area contributed by atoms with Crippen molar-refractivity contribution in [3.05, 3.63) is 34.3 Å². The normalized spacial score (nSPS) is 18.9. The molecule has 0 amide bonds. The highest BCUT2D eigenvalue weighted by atomic mass is 35.5. The Hall–Kier alpha value is -0.570. The SMILES string of the molecule is CCCNC(c1ccc(C)c(Cl)c1)C1(OC)CCC1. The standard InChI is InChI=1S/C16H24ClNO/c1-4-10-18-15(16(19-3)8-5-9-16)13-7-6-12(2)14(17)11-13/h6-7,11,15,18H,4-5,8-10H2,1-3H3. The van der Waals surface area contributed by atoms with Gasteiger partial charge in [-0.15, -0.1) is 0 Å². The Morgan fingerprint density at radius 1 is 1.42 bits per heavy atom. The second-order valence-corrected chi connectivity index (χ2v) is 5.93. The number of methoxy groups -OCH3 is 1. The van der Waals surface area contributed by atoms with E-state index in [-0.39, 0.29) is 11.6 Å². The summed E-state index contributed by atoms with van der Waals surface area (Å²) in [7, 11) is 1.83. The lowest BCUT2D eigenvalue weighted by molar-refractivity contribution is -0.0997. The molecule has 0 saturated heterocycles. The van der Waals surface area contributed by atoms with Crippen LogP contribution in [-0.2, 0) is 4.74 Å². The smallest absolute Gasteiger partial charge is 0.0872 e. The number of aryl methyl sites for hydroxylation is 1. The fourth-order valence-corrected chi connectivity index (χ4v) is 3.01. The number of hydrogen-bond donors (Lipinski definition) is 1. The average molecular weight is 282 g/mol. The molecule has 0 radical (unpaired) electrons. The van der Waals surface area contributed by atoms with Crippen molar-refractivity contribution in [1.29, 1.82) is 0 Å². The van der Waals surface area contributed by atoms with Gasteiger partial charge in [-0.25, -0.2) is 0 Å². The summed E-state index contributed by atoms with van der Waals surface area (Å²) in [5.74, 6) is 0. The van der Waals surface area contributed by atoms with Gasteiger partial charge in [0.05, 0.1) is 11.6 Å². The summed E-state index contributed by atoms with van der Waals surface area (Å²) < 4.78 is 5.85. The lowest BCUT2D eigenvalue weighted by Crippen LogP contribution is -2.50. The van der Waals surface area contributed by atoms with Crippen molar-refractivity contribution in [1.82, 2.24) is 5.32 Å². The molecule has 1 saturated carbocycles. The monoisotopic (exact) mass is 281 g/mol. The summed E-state index contributed by atoms with van der Waals surface area (Å²) in [4.78, 5) is 0. The zero-order valence-electron chi connectivity index (χ0n) is 12.1. The molecule has 3 heteroatoms. The van der Waals surface area contributed by atoms with E-state index in [9.17, 15) is 0 Å². The predicted molar refractivity (Wildman–Crippen MR) is 80.8 cm³/mol. The highest BCUT2D eigenvalue weighted by Crippen LogP contribution is 2.45. The molecular weight excluding hydrogens is 258 g/mol. The maximum atomic E-state index is 6.28. The molecule has 2 nitrogen and oxygen atoms in total. The van der Waals surface area contributed by atoms with Gasteiger partial charge in [0.2, 0.25) is 0 Å². The lowest BCUT2D eigenvalue weighted by Gasteiger charge is -2.47. The summed E-state index contributed by atoms with van der Waals surface area (Å²) in [6, 6.07) is 6.60. The Bertz CT molecular complexity index is 423. The van der Waals surface area contributed by atoms with E-state index in [2.05, 4.69) is 30.4 Å². The van der Waals surface area contributed by atoms with Gasteiger partial charge in [0, 0.05) is 12.1 Å². The van der Waals surface area contributed by atoms with Crippen LogP contribution in [0.4, 0.5) is 0 Å². The summed E-state index contributed by atoms with van der Waals surface area (Å²) in [6.45, 7) is 5.23. The first-order valence-corrected chi connectivity index (χ1v) is 7.55. The molecule has 0 aliphatic heterocycles. The van der Waals surface area contributed by atoms with E-state index in [0.29, 0.717) is 0 Å². The second kappa shape index (κ2) is 6.25. The van der Waals surface area contributed by atoms with Crippen LogP contribution < -0.4 is 5.32 Å². The third-order valence-electron chi connectivity index (χ3n) is 4.26. The highest BCUT2D eigenvalue weighted by molar-refractivity contribution is 6.31. The lowest BCUT2D eigenvalue weighted by atomic mass is 9.72. The van der Waals surface area contributed by atoms with Crippen LogP contribution in [0.1, 0.15) is 49.8 Å². The predicted octanol–water partition coefficient (Wildman–Crippen LogP) is 4.26. The minimum atomic E-state index is -0.0479. The Kier molecular flexibility index (Phi) is 4.88. The van der Waals surface area contributed by atoms with Crippen LogP contribution in [0.15, 0.2) is 18.2 Å². The number of ether oxygens (including phenoxy) is 1. The van der Waals surface area contributed by atoms with Gasteiger partial charge in [-0.05, 0) is 56.3 Å². The topological polar surface area (TPSA) is 21.3 Å². The van der Waals surface area contributed by atoms with Crippen LogP contribution in [0, 0.1) is 6.92 Å². The minimum Gasteiger partial charge on any atom is -0.376 e. The molecule has 1 aromatic rings. The zero-order chi connectivity index (χ0) is 13.9. The van der Waals surface area contributed by atoms with E-state index in [1.54, 1.807) is 0 Å². The molecule has 0 bridgehead atoms. The van der Waals surface area contributed by atoms with Crippen LogP contribution in [0.3, 0.4) is 0 Å². The van der Waals surface area contributed by atoms with Crippen molar-refractivity contribution in [2.24, 2.45) is 0 Å². The molecule has 1 fully saturated rings. The summed E-state index contributed by atoms with van der Waals surface area (Å²) >= 11 is 6.28.